The van der Waals surface area contributed by atoms with Gasteiger partial charge in [-0.2, -0.15) is 0 Å². The molecule has 1 heterocycles. The van der Waals surface area contributed by atoms with Crippen molar-refractivity contribution in [3.8, 4) is 11.5 Å². The highest BCUT2D eigenvalue weighted by Gasteiger charge is 2.39. The molecule has 7 heteroatoms. The molecule has 1 saturated heterocycles. The Morgan fingerprint density at radius 3 is 2.48 bits per heavy atom. The Balaban J connectivity index is 2.05. The van der Waals surface area contributed by atoms with E-state index in [4.69, 9.17) is 14.2 Å². The second-order valence-electron chi connectivity index (χ2n) is 6.64. The van der Waals surface area contributed by atoms with Gasteiger partial charge in [0.15, 0.2) is 11.5 Å². The van der Waals surface area contributed by atoms with Crippen LogP contribution in [0.2, 0.25) is 0 Å². The van der Waals surface area contributed by atoms with E-state index in [1.807, 2.05) is 18.2 Å². The Morgan fingerprint density at radius 1 is 1.19 bits per heavy atom. The molecule has 0 atom stereocenters. The van der Waals surface area contributed by atoms with Crippen molar-refractivity contribution >= 4 is 11.6 Å². The normalized spacial score (nSPS) is 16.2. The summed E-state index contributed by atoms with van der Waals surface area (Å²) in [5.74, 6) is 1.15. The lowest BCUT2D eigenvalue weighted by Gasteiger charge is -2.34. The van der Waals surface area contributed by atoms with E-state index < -0.39 is 5.60 Å². The van der Waals surface area contributed by atoms with E-state index in [1.165, 1.54) is 0 Å². The Hall–Kier alpha value is -1.83. The number of nitrogens with zero attached hydrogens (tertiary/aromatic N) is 1. The van der Waals surface area contributed by atoms with Gasteiger partial charge in [-0.3, -0.25) is 4.79 Å². The van der Waals surface area contributed by atoms with Crippen LogP contribution in [0.15, 0.2) is 18.2 Å². The van der Waals surface area contributed by atoms with Gasteiger partial charge in [0, 0.05) is 25.4 Å². The van der Waals surface area contributed by atoms with Crippen LogP contribution in [0.25, 0.3) is 0 Å². The zero-order valence-electron chi connectivity index (χ0n) is 17.0. The van der Waals surface area contributed by atoms with Crippen LogP contribution in [0.3, 0.4) is 0 Å². The van der Waals surface area contributed by atoms with E-state index in [9.17, 15) is 4.79 Å². The van der Waals surface area contributed by atoms with Crippen molar-refractivity contribution in [2.75, 3.05) is 58.9 Å². The van der Waals surface area contributed by atoms with Gasteiger partial charge in [-0.1, -0.05) is 13.8 Å². The second kappa shape index (κ2) is 10.5. The van der Waals surface area contributed by atoms with Crippen LogP contribution in [0.5, 0.6) is 11.5 Å². The third-order valence-corrected chi connectivity index (χ3v) is 5.20. The maximum Gasteiger partial charge on any atom is 0.256 e. The van der Waals surface area contributed by atoms with Crippen LogP contribution in [0.1, 0.15) is 26.7 Å². The molecule has 1 amide bonds. The van der Waals surface area contributed by atoms with E-state index in [-0.39, 0.29) is 5.91 Å². The number of amides is 1. The van der Waals surface area contributed by atoms with E-state index in [0.29, 0.717) is 36.6 Å². The molecule has 1 fully saturated rings. The Labute approximate surface area is 162 Å². The lowest BCUT2D eigenvalue weighted by molar-refractivity contribution is -0.140. The molecule has 0 bridgehead atoms. The van der Waals surface area contributed by atoms with E-state index in [2.05, 4.69) is 29.4 Å². The first-order valence-corrected chi connectivity index (χ1v) is 9.69. The first-order valence-electron chi connectivity index (χ1n) is 9.69. The van der Waals surface area contributed by atoms with Crippen molar-refractivity contribution in [2.45, 2.75) is 32.3 Å². The number of carbonyl (C=O) groups excluding carboxylic acids is 1. The van der Waals surface area contributed by atoms with Crippen LogP contribution >= 0.6 is 0 Å². The summed E-state index contributed by atoms with van der Waals surface area (Å²) in [6.07, 6.45) is 1.30. The molecule has 2 N–H and O–H groups in total. The van der Waals surface area contributed by atoms with Gasteiger partial charge in [-0.15, -0.1) is 0 Å². The summed E-state index contributed by atoms with van der Waals surface area (Å²) in [7, 11) is 3.21. The van der Waals surface area contributed by atoms with Gasteiger partial charge in [-0.25, -0.2) is 0 Å². The molecule has 0 spiro atoms. The van der Waals surface area contributed by atoms with Gasteiger partial charge in [0.1, 0.15) is 12.2 Å². The molecule has 0 saturated carbocycles. The maximum absolute atomic E-state index is 12.8. The maximum atomic E-state index is 12.8. The fraction of sp³-hybridized carbons (Fsp3) is 0.650. The van der Waals surface area contributed by atoms with Gasteiger partial charge in [0.2, 0.25) is 0 Å². The number of likely N-dealkylation sites (N-methyl/N-ethyl adjacent to an activating group) is 1. The quantitative estimate of drug-likeness (QED) is 0.649. The molecule has 0 aromatic heterocycles. The summed E-state index contributed by atoms with van der Waals surface area (Å²) in [5.41, 5.74) is -0.108. The predicted molar refractivity (Wildman–Crippen MR) is 107 cm³/mol. The summed E-state index contributed by atoms with van der Waals surface area (Å²) in [6, 6.07) is 5.44. The Kier molecular flexibility index (Phi) is 8.34. The zero-order valence-corrected chi connectivity index (χ0v) is 17.0. The number of hydrogen-bond donors (Lipinski definition) is 2. The van der Waals surface area contributed by atoms with Crippen molar-refractivity contribution in [3.05, 3.63) is 18.2 Å². The summed E-state index contributed by atoms with van der Waals surface area (Å²) in [6.45, 7) is 9.17. The molecule has 152 valence electrons. The number of nitrogens with one attached hydrogen (secondary N) is 2. The number of methoxy groups -OCH3 is 2. The van der Waals surface area contributed by atoms with Crippen molar-refractivity contribution in [3.63, 3.8) is 0 Å². The van der Waals surface area contributed by atoms with Gasteiger partial charge >= 0.3 is 0 Å². The van der Waals surface area contributed by atoms with Crippen molar-refractivity contribution < 1.29 is 19.0 Å². The van der Waals surface area contributed by atoms with Gasteiger partial charge < -0.3 is 29.7 Å². The molecule has 1 aliphatic heterocycles. The summed E-state index contributed by atoms with van der Waals surface area (Å²) in [4.78, 5) is 15.1. The number of hydrogen-bond acceptors (Lipinski definition) is 6. The van der Waals surface area contributed by atoms with Crippen LogP contribution in [-0.2, 0) is 9.53 Å². The number of ether oxygens (including phenoxy) is 3. The summed E-state index contributed by atoms with van der Waals surface area (Å²) in [5, 5.41) is 6.24. The molecule has 7 nitrogen and oxygen atoms in total. The Morgan fingerprint density at radius 2 is 1.89 bits per heavy atom. The number of rotatable bonds is 10. The molecule has 1 aromatic rings. The highest BCUT2D eigenvalue weighted by atomic mass is 16.5. The molecule has 2 rings (SSSR count). The van der Waals surface area contributed by atoms with E-state index in [1.54, 1.807) is 14.2 Å². The van der Waals surface area contributed by atoms with Crippen LogP contribution in [-0.4, -0.2) is 70.0 Å². The third-order valence-electron chi connectivity index (χ3n) is 5.20. The van der Waals surface area contributed by atoms with Crippen LogP contribution < -0.4 is 20.1 Å². The predicted octanol–water partition coefficient (Wildman–Crippen LogP) is 2.12. The molecule has 0 unspecified atom stereocenters. The SMILES string of the molecule is CCN(CC)CCOc1cc(NC(=O)C2(OC)CCNCC2)ccc1OC. The molecular weight excluding hydrogens is 346 g/mol. The van der Waals surface area contributed by atoms with E-state index in [0.717, 1.165) is 32.7 Å². The zero-order chi connectivity index (χ0) is 19.7. The lowest BCUT2D eigenvalue weighted by atomic mass is 9.91. The first kappa shape index (κ1) is 21.5. The van der Waals surface area contributed by atoms with Crippen molar-refractivity contribution in [2.24, 2.45) is 0 Å². The Bertz CT molecular complexity index is 599. The number of piperidine rings is 1. The fourth-order valence-corrected chi connectivity index (χ4v) is 3.29. The van der Waals surface area contributed by atoms with Crippen LogP contribution in [0.4, 0.5) is 5.69 Å². The molecule has 1 aliphatic rings. The minimum Gasteiger partial charge on any atom is -0.493 e. The van der Waals surface area contributed by atoms with Gasteiger partial charge in [0.25, 0.3) is 5.91 Å². The van der Waals surface area contributed by atoms with Gasteiger partial charge in [0.05, 0.1) is 7.11 Å². The molecule has 27 heavy (non-hydrogen) atoms. The van der Waals surface area contributed by atoms with Gasteiger partial charge in [-0.05, 0) is 51.2 Å². The molecule has 1 aromatic carbocycles. The smallest absolute Gasteiger partial charge is 0.256 e. The minimum atomic E-state index is -0.783. The number of benzene rings is 1. The molecule has 0 radical (unpaired) electrons. The van der Waals surface area contributed by atoms with E-state index >= 15 is 0 Å². The van der Waals surface area contributed by atoms with Crippen molar-refractivity contribution in [1.29, 1.82) is 0 Å². The fourth-order valence-electron chi connectivity index (χ4n) is 3.29. The number of carbonyl (C=O) groups is 1. The highest BCUT2D eigenvalue weighted by Crippen LogP contribution is 2.31. The first-order chi connectivity index (χ1) is 13.1. The summed E-state index contributed by atoms with van der Waals surface area (Å²) < 4.78 is 16.9. The molecule has 0 aliphatic carbocycles. The largest absolute Gasteiger partial charge is 0.493 e. The molecular formula is C20H33N3O4. The third kappa shape index (κ3) is 5.57. The number of anilines is 1. The average molecular weight is 380 g/mol. The topological polar surface area (TPSA) is 72.1 Å². The highest BCUT2D eigenvalue weighted by molar-refractivity contribution is 5.97. The van der Waals surface area contributed by atoms with Crippen molar-refractivity contribution in [1.82, 2.24) is 10.2 Å². The second-order valence-corrected chi connectivity index (χ2v) is 6.64. The van der Waals surface area contributed by atoms with Crippen LogP contribution in [0, 0.1) is 0 Å². The lowest BCUT2D eigenvalue weighted by Crippen LogP contribution is -2.51. The average Bonchev–Trinajstić information content (AvgIpc) is 2.72. The minimum absolute atomic E-state index is 0.120. The standard InChI is InChI=1S/C20H33N3O4/c1-5-23(6-2)13-14-27-18-15-16(7-8-17(18)25-3)22-19(24)20(26-4)9-11-21-12-10-20/h7-8,15,21H,5-6,9-14H2,1-4H3,(H,22,24). The monoisotopic (exact) mass is 379 g/mol. The summed E-state index contributed by atoms with van der Waals surface area (Å²) >= 11 is 0.